The third kappa shape index (κ3) is 4.20. The molecule has 0 spiro atoms. The number of ether oxygens (including phenoxy) is 1. The molecule has 1 atom stereocenters. The van der Waals surface area contributed by atoms with E-state index in [1.54, 1.807) is 6.07 Å². The first-order valence-corrected chi connectivity index (χ1v) is 11.3. The highest BCUT2D eigenvalue weighted by molar-refractivity contribution is 5.91. The van der Waals surface area contributed by atoms with Crippen LogP contribution in [0.4, 0.5) is 0 Å². The third-order valence-electron chi connectivity index (χ3n) is 7.07. The summed E-state index contributed by atoms with van der Waals surface area (Å²) in [6.07, 6.45) is 5.33. The van der Waals surface area contributed by atoms with Crippen LogP contribution < -0.4 is 5.32 Å². The number of furan rings is 1. The molecule has 0 bridgehead atoms. The first-order chi connectivity index (χ1) is 14.2. The Morgan fingerprint density at radius 2 is 1.80 bits per heavy atom. The lowest BCUT2D eigenvalue weighted by molar-refractivity contribution is 0.0834. The van der Waals surface area contributed by atoms with Gasteiger partial charge < -0.3 is 14.5 Å². The third-order valence-corrected chi connectivity index (χ3v) is 7.07. The molecule has 1 aliphatic heterocycles. The molecular formula is C26H35NO3. The van der Waals surface area contributed by atoms with Crippen LogP contribution >= 0.6 is 0 Å². The summed E-state index contributed by atoms with van der Waals surface area (Å²) in [5.41, 5.74) is 5.91. The maximum absolute atomic E-state index is 12.4. The zero-order chi connectivity index (χ0) is 21.5. The van der Waals surface area contributed by atoms with Crippen molar-refractivity contribution in [2.24, 2.45) is 0 Å². The molecule has 2 aromatic rings. The Kier molecular flexibility index (Phi) is 5.56. The van der Waals surface area contributed by atoms with E-state index in [0.717, 1.165) is 25.2 Å². The molecule has 1 fully saturated rings. The average molecular weight is 410 g/mol. The number of rotatable bonds is 5. The second kappa shape index (κ2) is 7.88. The van der Waals surface area contributed by atoms with Gasteiger partial charge in [0, 0.05) is 19.6 Å². The Balaban J connectivity index is 1.50. The van der Waals surface area contributed by atoms with Crippen molar-refractivity contribution in [1.29, 1.82) is 0 Å². The average Bonchev–Trinajstić information content (AvgIpc) is 3.37. The van der Waals surface area contributed by atoms with Gasteiger partial charge in [-0.25, -0.2) is 0 Å². The quantitative estimate of drug-likeness (QED) is 0.716. The summed E-state index contributed by atoms with van der Waals surface area (Å²) in [5.74, 6) is 1.04. The summed E-state index contributed by atoms with van der Waals surface area (Å²) >= 11 is 0. The lowest BCUT2D eigenvalue weighted by Gasteiger charge is -2.42. The fourth-order valence-corrected chi connectivity index (χ4v) is 4.84. The molecule has 1 aromatic heterocycles. The number of aryl methyl sites for hydroxylation is 1. The number of amides is 1. The van der Waals surface area contributed by atoms with Gasteiger partial charge >= 0.3 is 0 Å². The SMILES string of the molecule is Cc1cc2c(cc1Cc1ccc(C(=O)NCC3CCCO3)o1)C(C)(C)CCC2(C)C. The lowest BCUT2D eigenvalue weighted by Crippen LogP contribution is -2.34. The van der Waals surface area contributed by atoms with Crippen LogP contribution in [-0.2, 0) is 22.0 Å². The number of carbonyl (C=O) groups is 1. The number of hydrogen-bond acceptors (Lipinski definition) is 3. The Morgan fingerprint density at radius 3 is 2.47 bits per heavy atom. The molecule has 2 heterocycles. The fraction of sp³-hybridized carbons (Fsp3) is 0.577. The normalized spacial score (nSPS) is 22.0. The predicted octanol–water partition coefficient (Wildman–Crippen LogP) is 5.44. The van der Waals surface area contributed by atoms with Gasteiger partial charge in [0.25, 0.3) is 5.91 Å². The van der Waals surface area contributed by atoms with E-state index in [9.17, 15) is 4.79 Å². The molecule has 1 N–H and O–H groups in total. The number of nitrogens with one attached hydrogen (secondary N) is 1. The first kappa shape index (κ1) is 21.2. The van der Waals surface area contributed by atoms with Crippen LogP contribution in [-0.4, -0.2) is 25.2 Å². The zero-order valence-electron chi connectivity index (χ0n) is 19.1. The molecule has 2 aliphatic rings. The van der Waals surface area contributed by atoms with Gasteiger partial charge in [0.1, 0.15) is 5.76 Å². The van der Waals surface area contributed by atoms with Crippen molar-refractivity contribution in [1.82, 2.24) is 5.32 Å². The van der Waals surface area contributed by atoms with Crippen molar-refractivity contribution < 1.29 is 13.9 Å². The Morgan fingerprint density at radius 1 is 1.10 bits per heavy atom. The van der Waals surface area contributed by atoms with Crippen LogP contribution in [0.1, 0.15) is 91.9 Å². The first-order valence-electron chi connectivity index (χ1n) is 11.3. The lowest BCUT2D eigenvalue weighted by atomic mass is 9.62. The summed E-state index contributed by atoms with van der Waals surface area (Å²) in [7, 11) is 0. The molecule has 0 radical (unpaired) electrons. The standard InChI is InChI=1S/C26H35NO3/c1-17-13-21-22(26(4,5)11-10-25(21,2)3)15-18(17)14-19-8-9-23(30-19)24(28)27-16-20-7-6-12-29-20/h8-9,13,15,20H,6-7,10-12,14,16H2,1-5H3,(H,27,28). The van der Waals surface area contributed by atoms with Gasteiger partial charge in [-0.15, -0.1) is 0 Å². The molecule has 1 amide bonds. The number of carbonyl (C=O) groups excluding carboxylic acids is 1. The van der Waals surface area contributed by atoms with Crippen LogP contribution in [0.2, 0.25) is 0 Å². The van der Waals surface area contributed by atoms with Gasteiger partial charge in [-0.1, -0.05) is 39.8 Å². The number of benzene rings is 1. The molecule has 30 heavy (non-hydrogen) atoms. The summed E-state index contributed by atoms with van der Waals surface area (Å²) in [4.78, 5) is 12.4. The molecule has 4 heteroatoms. The van der Waals surface area contributed by atoms with Gasteiger partial charge in [0.15, 0.2) is 5.76 Å². The van der Waals surface area contributed by atoms with Crippen molar-refractivity contribution in [2.75, 3.05) is 13.2 Å². The van der Waals surface area contributed by atoms with Gasteiger partial charge in [-0.05, 0) is 77.8 Å². The zero-order valence-corrected chi connectivity index (χ0v) is 19.1. The Bertz CT molecular complexity index is 932. The van der Waals surface area contributed by atoms with E-state index >= 15 is 0 Å². The minimum Gasteiger partial charge on any atom is -0.456 e. The summed E-state index contributed by atoms with van der Waals surface area (Å²) in [5, 5.41) is 2.93. The molecule has 1 aliphatic carbocycles. The summed E-state index contributed by atoms with van der Waals surface area (Å²) in [6.45, 7) is 12.9. The highest BCUT2D eigenvalue weighted by Crippen LogP contribution is 2.46. The van der Waals surface area contributed by atoms with Crippen molar-refractivity contribution in [3.8, 4) is 0 Å². The molecule has 4 nitrogen and oxygen atoms in total. The van der Waals surface area contributed by atoms with Crippen molar-refractivity contribution in [3.63, 3.8) is 0 Å². The van der Waals surface area contributed by atoms with E-state index in [1.807, 2.05) is 6.07 Å². The van der Waals surface area contributed by atoms with E-state index in [1.165, 1.54) is 35.1 Å². The molecule has 162 valence electrons. The summed E-state index contributed by atoms with van der Waals surface area (Å²) < 4.78 is 11.5. The molecule has 1 saturated heterocycles. The summed E-state index contributed by atoms with van der Waals surface area (Å²) in [6, 6.07) is 8.46. The number of hydrogen-bond donors (Lipinski definition) is 1. The highest BCUT2D eigenvalue weighted by atomic mass is 16.5. The minimum absolute atomic E-state index is 0.133. The van der Waals surface area contributed by atoms with E-state index in [2.05, 4.69) is 52.1 Å². The Labute approximate surface area is 180 Å². The number of fused-ring (bicyclic) bond motifs is 1. The maximum atomic E-state index is 12.4. The van der Waals surface area contributed by atoms with E-state index in [0.29, 0.717) is 18.7 Å². The Hall–Kier alpha value is -2.07. The van der Waals surface area contributed by atoms with Crippen LogP contribution in [0.25, 0.3) is 0 Å². The van der Waals surface area contributed by atoms with Gasteiger partial charge in [-0.3, -0.25) is 4.79 Å². The second-order valence-electron chi connectivity index (χ2n) is 10.4. The van der Waals surface area contributed by atoms with Crippen molar-refractivity contribution in [3.05, 3.63) is 58.0 Å². The monoisotopic (exact) mass is 409 g/mol. The van der Waals surface area contributed by atoms with Crippen molar-refractivity contribution in [2.45, 2.75) is 83.7 Å². The van der Waals surface area contributed by atoms with Gasteiger partial charge in [-0.2, -0.15) is 0 Å². The molecular weight excluding hydrogens is 374 g/mol. The highest BCUT2D eigenvalue weighted by Gasteiger charge is 2.37. The minimum atomic E-state index is -0.165. The van der Waals surface area contributed by atoms with Crippen LogP contribution in [0, 0.1) is 6.92 Å². The predicted molar refractivity (Wildman–Crippen MR) is 119 cm³/mol. The van der Waals surface area contributed by atoms with Crippen LogP contribution in [0.5, 0.6) is 0 Å². The van der Waals surface area contributed by atoms with Crippen LogP contribution in [0.15, 0.2) is 28.7 Å². The van der Waals surface area contributed by atoms with Gasteiger partial charge in [0.05, 0.1) is 6.10 Å². The largest absolute Gasteiger partial charge is 0.456 e. The molecule has 4 rings (SSSR count). The maximum Gasteiger partial charge on any atom is 0.287 e. The van der Waals surface area contributed by atoms with E-state index in [4.69, 9.17) is 9.15 Å². The van der Waals surface area contributed by atoms with Gasteiger partial charge in [0.2, 0.25) is 0 Å². The fourth-order valence-electron chi connectivity index (χ4n) is 4.84. The molecule has 1 unspecified atom stereocenters. The topological polar surface area (TPSA) is 51.5 Å². The smallest absolute Gasteiger partial charge is 0.287 e. The molecule has 0 saturated carbocycles. The van der Waals surface area contributed by atoms with E-state index < -0.39 is 0 Å². The van der Waals surface area contributed by atoms with E-state index in [-0.39, 0.29) is 22.8 Å². The van der Waals surface area contributed by atoms with Crippen LogP contribution in [0.3, 0.4) is 0 Å². The second-order valence-corrected chi connectivity index (χ2v) is 10.4. The molecule has 1 aromatic carbocycles. The van der Waals surface area contributed by atoms with Crippen molar-refractivity contribution >= 4 is 5.91 Å².